The average molecular weight is 302 g/mol. The summed E-state index contributed by atoms with van der Waals surface area (Å²) in [6, 6.07) is 10.5. The highest BCUT2D eigenvalue weighted by Gasteiger charge is 2.07. The van der Waals surface area contributed by atoms with Crippen molar-refractivity contribution in [2.24, 2.45) is 0 Å². The molecule has 22 heavy (non-hydrogen) atoms. The van der Waals surface area contributed by atoms with Crippen LogP contribution in [0.25, 0.3) is 0 Å². The first-order valence-corrected chi connectivity index (χ1v) is 6.88. The molecule has 0 atom stereocenters. The Hall–Kier alpha value is -2.76. The second-order valence-corrected chi connectivity index (χ2v) is 4.48. The number of methoxy groups -OCH3 is 1. The van der Waals surface area contributed by atoms with E-state index >= 15 is 0 Å². The van der Waals surface area contributed by atoms with Crippen LogP contribution in [0.1, 0.15) is 23.0 Å². The van der Waals surface area contributed by atoms with Gasteiger partial charge in [-0.2, -0.15) is 0 Å². The second-order valence-electron chi connectivity index (χ2n) is 4.48. The standard InChI is InChI=1S/C16H18N2O4/c1-3-22-13-8-7-11(9-14(13)21-2)10-17-15-6-4-5-12(18-15)16(19)20/h4-9H,3,10H2,1-2H3,(H,17,18)(H,19,20). The maximum atomic E-state index is 10.9. The Kier molecular flexibility index (Phi) is 5.19. The summed E-state index contributed by atoms with van der Waals surface area (Å²) in [6.07, 6.45) is 0. The van der Waals surface area contributed by atoms with Crippen LogP contribution in [0.2, 0.25) is 0 Å². The average Bonchev–Trinajstić information content (AvgIpc) is 2.54. The molecule has 6 heteroatoms. The molecule has 0 spiro atoms. The number of benzene rings is 1. The van der Waals surface area contributed by atoms with Crippen molar-refractivity contribution >= 4 is 11.8 Å². The Balaban J connectivity index is 2.08. The number of hydrogen-bond acceptors (Lipinski definition) is 5. The number of carboxylic acids is 1. The SMILES string of the molecule is CCOc1ccc(CNc2cccc(C(=O)O)n2)cc1OC. The lowest BCUT2D eigenvalue weighted by molar-refractivity contribution is 0.0690. The van der Waals surface area contributed by atoms with Crippen LogP contribution in [0, 0.1) is 0 Å². The van der Waals surface area contributed by atoms with Gasteiger partial charge in [0.15, 0.2) is 17.2 Å². The molecule has 0 aliphatic rings. The number of carbonyl (C=O) groups is 1. The van der Waals surface area contributed by atoms with E-state index in [4.69, 9.17) is 14.6 Å². The largest absolute Gasteiger partial charge is 0.493 e. The van der Waals surface area contributed by atoms with Crippen molar-refractivity contribution in [3.8, 4) is 11.5 Å². The van der Waals surface area contributed by atoms with Crippen molar-refractivity contribution in [2.75, 3.05) is 19.0 Å². The van der Waals surface area contributed by atoms with Gasteiger partial charge in [0.2, 0.25) is 0 Å². The number of anilines is 1. The predicted molar refractivity (Wildman–Crippen MR) is 82.7 cm³/mol. The third-order valence-electron chi connectivity index (χ3n) is 2.97. The molecular formula is C16H18N2O4. The molecule has 6 nitrogen and oxygen atoms in total. The van der Waals surface area contributed by atoms with Gasteiger partial charge in [-0.3, -0.25) is 0 Å². The van der Waals surface area contributed by atoms with E-state index in [-0.39, 0.29) is 5.69 Å². The number of ether oxygens (including phenoxy) is 2. The third kappa shape index (κ3) is 3.88. The molecule has 0 bridgehead atoms. The molecule has 2 aromatic rings. The van der Waals surface area contributed by atoms with Crippen molar-refractivity contribution < 1.29 is 19.4 Å². The van der Waals surface area contributed by atoms with Crippen LogP contribution in [0.3, 0.4) is 0 Å². The molecule has 1 aromatic carbocycles. The Labute approximate surface area is 128 Å². The Morgan fingerprint density at radius 1 is 1.27 bits per heavy atom. The van der Waals surface area contributed by atoms with Crippen molar-refractivity contribution in [2.45, 2.75) is 13.5 Å². The first kappa shape index (κ1) is 15.6. The summed E-state index contributed by atoms with van der Waals surface area (Å²) in [5, 5.41) is 12.0. The molecule has 0 saturated heterocycles. The lowest BCUT2D eigenvalue weighted by Gasteiger charge is -2.12. The van der Waals surface area contributed by atoms with E-state index in [1.165, 1.54) is 6.07 Å². The number of pyridine rings is 1. The van der Waals surface area contributed by atoms with Crippen LogP contribution in [0.4, 0.5) is 5.82 Å². The summed E-state index contributed by atoms with van der Waals surface area (Å²) in [5.74, 6) is 0.812. The minimum Gasteiger partial charge on any atom is -0.493 e. The van der Waals surface area contributed by atoms with Gasteiger partial charge in [0, 0.05) is 6.54 Å². The third-order valence-corrected chi connectivity index (χ3v) is 2.97. The van der Waals surface area contributed by atoms with Crippen molar-refractivity contribution in [3.05, 3.63) is 47.7 Å². The first-order valence-electron chi connectivity index (χ1n) is 6.88. The van der Waals surface area contributed by atoms with E-state index in [1.807, 2.05) is 25.1 Å². The van der Waals surface area contributed by atoms with Gasteiger partial charge in [0.05, 0.1) is 13.7 Å². The van der Waals surface area contributed by atoms with Gasteiger partial charge < -0.3 is 19.9 Å². The van der Waals surface area contributed by atoms with Gasteiger partial charge in [0.1, 0.15) is 5.82 Å². The molecule has 1 aromatic heterocycles. The highest BCUT2D eigenvalue weighted by atomic mass is 16.5. The van der Waals surface area contributed by atoms with Crippen molar-refractivity contribution in [1.82, 2.24) is 4.98 Å². The molecule has 116 valence electrons. The van der Waals surface area contributed by atoms with E-state index in [2.05, 4.69) is 10.3 Å². The summed E-state index contributed by atoms with van der Waals surface area (Å²) in [5.41, 5.74) is 0.983. The van der Waals surface area contributed by atoms with E-state index < -0.39 is 5.97 Å². The fourth-order valence-corrected chi connectivity index (χ4v) is 1.94. The zero-order valence-electron chi connectivity index (χ0n) is 12.5. The molecule has 1 heterocycles. The number of nitrogens with zero attached hydrogens (tertiary/aromatic N) is 1. The van der Waals surface area contributed by atoms with Gasteiger partial charge >= 0.3 is 5.97 Å². The highest BCUT2D eigenvalue weighted by Crippen LogP contribution is 2.28. The van der Waals surface area contributed by atoms with E-state index in [9.17, 15) is 4.79 Å². The lowest BCUT2D eigenvalue weighted by atomic mass is 10.2. The Morgan fingerprint density at radius 2 is 2.09 bits per heavy atom. The Morgan fingerprint density at radius 3 is 2.77 bits per heavy atom. The summed E-state index contributed by atoms with van der Waals surface area (Å²) in [7, 11) is 1.59. The van der Waals surface area contributed by atoms with E-state index in [0.29, 0.717) is 30.5 Å². The van der Waals surface area contributed by atoms with Crippen LogP contribution in [0.5, 0.6) is 11.5 Å². The number of rotatable bonds is 7. The van der Waals surface area contributed by atoms with Crippen LogP contribution in [0.15, 0.2) is 36.4 Å². The predicted octanol–water partition coefficient (Wildman–Crippen LogP) is 2.80. The Bertz CT molecular complexity index is 658. The highest BCUT2D eigenvalue weighted by molar-refractivity contribution is 5.85. The summed E-state index contributed by atoms with van der Waals surface area (Å²) in [4.78, 5) is 14.9. The molecule has 0 aliphatic heterocycles. The minimum atomic E-state index is -1.05. The van der Waals surface area contributed by atoms with Gasteiger partial charge in [-0.25, -0.2) is 9.78 Å². The molecule has 2 rings (SSSR count). The molecule has 0 saturated carbocycles. The van der Waals surface area contributed by atoms with E-state index in [0.717, 1.165) is 5.56 Å². The second kappa shape index (κ2) is 7.31. The van der Waals surface area contributed by atoms with Gasteiger partial charge in [-0.1, -0.05) is 12.1 Å². The first-order chi connectivity index (χ1) is 10.6. The van der Waals surface area contributed by atoms with Gasteiger partial charge in [-0.05, 0) is 36.8 Å². The van der Waals surface area contributed by atoms with Gasteiger partial charge in [0.25, 0.3) is 0 Å². The number of aromatic carboxylic acids is 1. The fraction of sp³-hybridized carbons (Fsp3) is 0.250. The number of aromatic nitrogens is 1. The topological polar surface area (TPSA) is 80.7 Å². The van der Waals surface area contributed by atoms with E-state index in [1.54, 1.807) is 19.2 Å². The number of nitrogens with one attached hydrogen (secondary N) is 1. The molecule has 0 fully saturated rings. The summed E-state index contributed by atoms with van der Waals surface area (Å²) < 4.78 is 10.8. The van der Waals surface area contributed by atoms with Crippen molar-refractivity contribution in [3.63, 3.8) is 0 Å². The van der Waals surface area contributed by atoms with Gasteiger partial charge in [-0.15, -0.1) is 0 Å². The van der Waals surface area contributed by atoms with Crippen LogP contribution >= 0.6 is 0 Å². The quantitative estimate of drug-likeness (QED) is 0.818. The maximum absolute atomic E-state index is 10.9. The fourth-order valence-electron chi connectivity index (χ4n) is 1.94. The maximum Gasteiger partial charge on any atom is 0.354 e. The lowest BCUT2D eigenvalue weighted by Crippen LogP contribution is -2.06. The zero-order valence-corrected chi connectivity index (χ0v) is 12.5. The van der Waals surface area contributed by atoms with Crippen LogP contribution in [-0.4, -0.2) is 29.8 Å². The molecule has 0 amide bonds. The normalized spacial score (nSPS) is 10.1. The monoisotopic (exact) mass is 302 g/mol. The smallest absolute Gasteiger partial charge is 0.354 e. The van der Waals surface area contributed by atoms with Crippen molar-refractivity contribution in [1.29, 1.82) is 0 Å². The molecule has 0 aliphatic carbocycles. The minimum absolute atomic E-state index is 0.00859. The molecule has 0 radical (unpaired) electrons. The number of carboxylic acid groups (broad SMARTS) is 1. The van der Waals surface area contributed by atoms with Crippen LogP contribution < -0.4 is 14.8 Å². The number of hydrogen-bond donors (Lipinski definition) is 2. The summed E-state index contributed by atoms with van der Waals surface area (Å²) in [6.45, 7) is 2.98. The summed E-state index contributed by atoms with van der Waals surface area (Å²) >= 11 is 0. The van der Waals surface area contributed by atoms with Crippen LogP contribution in [-0.2, 0) is 6.54 Å². The molecule has 2 N–H and O–H groups in total. The molecule has 0 unspecified atom stereocenters. The zero-order chi connectivity index (χ0) is 15.9. The molecular weight excluding hydrogens is 284 g/mol.